The molecule has 0 saturated carbocycles. The van der Waals surface area contributed by atoms with Crippen molar-refractivity contribution in [2.75, 3.05) is 13.2 Å². The van der Waals surface area contributed by atoms with E-state index in [0.29, 0.717) is 36.6 Å². The van der Waals surface area contributed by atoms with E-state index in [1.807, 2.05) is 6.08 Å². The third-order valence-electron chi connectivity index (χ3n) is 4.31. The highest BCUT2D eigenvalue weighted by Gasteiger charge is 2.21. The maximum atomic E-state index is 14.2. The standard InChI is InChI=1S/C20H15F3N2O/c21-14-6-4-12(5-7-14)18-19(13-8-10-26-11-9-13)25-20(24-18)17-15(22)2-1-3-16(17)23/h1-8H,9-11H2,(H,24,25). The predicted octanol–water partition coefficient (Wildman–Crippen LogP) is 4.96. The van der Waals surface area contributed by atoms with Crippen molar-refractivity contribution in [1.82, 2.24) is 9.97 Å². The molecule has 0 aliphatic carbocycles. The van der Waals surface area contributed by atoms with E-state index in [2.05, 4.69) is 9.97 Å². The predicted molar refractivity (Wildman–Crippen MR) is 92.7 cm³/mol. The van der Waals surface area contributed by atoms with Gasteiger partial charge in [0.2, 0.25) is 0 Å². The van der Waals surface area contributed by atoms with Gasteiger partial charge in [-0.3, -0.25) is 0 Å². The average molecular weight is 356 g/mol. The fraction of sp³-hybridized carbons (Fsp3) is 0.150. The smallest absolute Gasteiger partial charge is 0.144 e. The van der Waals surface area contributed by atoms with Crippen LogP contribution in [-0.4, -0.2) is 23.2 Å². The van der Waals surface area contributed by atoms with Crippen molar-refractivity contribution in [2.24, 2.45) is 0 Å². The van der Waals surface area contributed by atoms with E-state index in [1.165, 1.54) is 30.3 Å². The van der Waals surface area contributed by atoms with Crippen molar-refractivity contribution in [2.45, 2.75) is 6.42 Å². The van der Waals surface area contributed by atoms with Crippen LogP contribution in [0.4, 0.5) is 13.2 Å². The summed E-state index contributed by atoms with van der Waals surface area (Å²) >= 11 is 0. The molecular formula is C20H15F3N2O. The fourth-order valence-corrected chi connectivity index (χ4v) is 3.02. The topological polar surface area (TPSA) is 37.9 Å². The normalized spacial score (nSPS) is 14.3. The molecule has 3 nitrogen and oxygen atoms in total. The van der Waals surface area contributed by atoms with Gasteiger partial charge in [0.1, 0.15) is 23.3 Å². The summed E-state index contributed by atoms with van der Waals surface area (Å²) in [7, 11) is 0. The van der Waals surface area contributed by atoms with E-state index in [1.54, 1.807) is 12.1 Å². The molecule has 6 heteroatoms. The third-order valence-corrected chi connectivity index (χ3v) is 4.31. The SMILES string of the molecule is Fc1ccc(-c2nc(-c3c(F)cccc3F)[nH]c2C2=CCOCC2)cc1. The van der Waals surface area contributed by atoms with E-state index in [-0.39, 0.29) is 17.2 Å². The molecule has 1 aromatic heterocycles. The molecule has 0 bridgehead atoms. The van der Waals surface area contributed by atoms with Gasteiger partial charge in [-0.25, -0.2) is 18.2 Å². The van der Waals surface area contributed by atoms with Crippen molar-refractivity contribution in [3.63, 3.8) is 0 Å². The van der Waals surface area contributed by atoms with Gasteiger partial charge in [-0.15, -0.1) is 0 Å². The minimum absolute atomic E-state index is 0.0994. The lowest BCUT2D eigenvalue weighted by molar-refractivity contribution is 0.161. The van der Waals surface area contributed by atoms with Crippen LogP contribution in [0.1, 0.15) is 12.1 Å². The lowest BCUT2D eigenvalue weighted by Gasteiger charge is -2.13. The molecule has 1 N–H and O–H groups in total. The van der Waals surface area contributed by atoms with Crippen LogP contribution >= 0.6 is 0 Å². The van der Waals surface area contributed by atoms with Crippen LogP contribution in [0.15, 0.2) is 48.5 Å². The zero-order valence-corrected chi connectivity index (χ0v) is 13.7. The molecular weight excluding hydrogens is 341 g/mol. The van der Waals surface area contributed by atoms with Crippen LogP contribution in [0.5, 0.6) is 0 Å². The Hall–Kier alpha value is -2.86. The van der Waals surface area contributed by atoms with Gasteiger partial charge in [0.05, 0.1) is 30.2 Å². The molecule has 1 aliphatic heterocycles. The van der Waals surface area contributed by atoms with Crippen LogP contribution < -0.4 is 0 Å². The van der Waals surface area contributed by atoms with Crippen LogP contribution in [0.25, 0.3) is 28.2 Å². The lowest BCUT2D eigenvalue weighted by Crippen LogP contribution is -2.04. The van der Waals surface area contributed by atoms with Gasteiger partial charge >= 0.3 is 0 Å². The maximum absolute atomic E-state index is 14.2. The number of ether oxygens (including phenoxy) is 1. The van der Waals surface area contributed by atoms with Crippen LogP contribution in [0.3, 0.4) is 0 Å². The van der Waals surface area contributed by atoms with Gasteiger partial charge in [-0.05, 0) is 48.4 Å². The number of halogens is 3. The van der Waals surface area contributed by atoms with E-state index in [4.69, 9.17) is 4.74 Å². The summed E-state index contributed by atoms with van der Waals surface area (Å²) < 4.78 is 47.0. The highest BCUT2D eigenvalue weighted by Crippen LogP contribution is 2.34. The Morgan fingerprint density at radius 2 is 1.69 bits per heavy atom. The number of H-pyrrole nitrogens is 1. The molecule has 1 aliphatic rings. The Bertz CT molecular complexity index is 957. The Labute approximate surface area is 148 Å². The molecule has 2 heterocycles. The highest BCUT2D eigenvalue weighted by molar-refractivity contribution is 5.80. The van der Waals surface area contributed by atoms with Gasteiger partial charge in [-0.2, -0.15) is 0 Å². The monoisotopic (exact) mass is 356 g/mol. The number of hydrogen-bond acceptors (Lipinski definition) is 2. The first-order valence-corrected chi connectivity index (χ1v) is 8.21. The number of aromatic nitrogens is 2. The molecule has 26 heavy (non-hydrogen) atoms. The quantitative estimate of drug-likeness (QED) is 0.720. The second-order valence-electron chi connectivity index (χ2n) is 5.97. The summed E-state index contributed by atoms with van der Waals surface area (Å²) in [5, 5.41) is 0. The fourth-order valence-electron chi connectivity index (χ4n) is 3.02. The third kappa shape index (κ3) is 3.04. The van der Waals surface area contributed by atoms with E-state index in [9.17, 15) is 13.2 Å². The molecule has 132 valence electrons. The molecule has 4 rings (SSSR count). The zero-order chi connectivity index (χ0) is 18.1. The minimum Gasteiger partial charge on any atom is -0.377 e. The number of nitrogens with one attached hydrogen (secondary N) is 1. The summed E-state index contributed by atoms with van der Waals surface area (Å²) in [6, 6.07) is 9.52. The average Bonchev–Trinajstić information content (AvgIpc) is 3.08. The first-order valence-electron chi connectivity index (χ1n) is 8.21. The van der Waals surface area contributed by atoms with Crippen molar-refractivity contribution >= 4 is 5.57 Å². The van der Waals surface area contributed by atoms with E-state index in [0.717, 1.165) is 5.57 Å². The second kappa shape index (κ2) is 6.80. The summed E-state index contributed by atoms with van der Waals surface area (Å²) in [5.41, 5.74) is 2.59. The largest absolute Gasteiger partial charge is 0.377 e. The minimum atomic E-state index is -0.697. The Morgan fingerprint density at radius 1 is 0.962 bits per heavy atom. The van der Waals surface area contributed by atoms with Crippen molar-refractivity contribution in [3.05, 3.63) is 71.7 Å². The van der Waals surface area contributed by atoms with Crippen LogP contribution in [0.2, 0.25) is 0 Å². The van der Waals surface area contributed by atoms with Crippen LogP contribution in [0, 0.1) is 17.5 Å². The molecule has 0 unspecified atom stereocenters. The van der Waals surface area contributed by atoms with Crippen molar-refractivity contribution in [3.8, 4) is 22.6 Å². The number of aromatic amines is 1. The molecule has 0 fully saturated rings. The molecule has 0 atom stereocenters. The molecule has 0 saturated heterocycles. The van der Waals surface area contributed by atoms with Gasteiger partial charge < -0.3 is 9.72 Å². The number of benzene rings is 2. The van der Waals surface area contributed by atoms with E-state index >= 15 is 0 Å². The summed E-state index contributed by atoms with van der Waals surface area (Å²) in [4.78, 5) is 7.49. The highest BCUT2D eigenvalue weighted by atomic mass is 19.1. The Balaban J connectivity index is 1.90. The van der Waals surface area contributed by atoms with Crippen LogP contribution in [-0.2, 0) is 4.74 Å². The van der Waals surface area contributed by atoms with Gasteiger partial charge in [-0.1, -0.05) is 12.1 Å². The number of nitrogens with zero attached hydrogens (tertiary/aromatic N) is 1. The van der Waals surface area contributed by atoms with Crippen molar-refractivity contribution in [1.29, 1.82) is 0 Å². The number of imidazole rings is 1. The molecule has 0 amide bonds. The summed E-state index contributed by atoms with van der Waals surface area (Å²) in [6.45, 7) is 1.01. The molecule has 2 aromatic carbocycles. The summed E-state index contributed by atoms with van der Waals surface area (Å²) in [6.07, 6.45) is 2.56. The van der Waals surface area contributed by atoms with Gasteiger partial charge in [0.25, 0.3) is 0 Å². The Kier molecular flexibility index (Phi) is 4.34. The summed E-state index contributed by atoms with van der Waals surface area (Å²) in [5.74, 6) is -1.66. The molecule has 0 radical (unpaired) electrons. The van der Waals surface area contributed by atoms with Gasteiger partial charge in [0.15, 0.2) is 0 Å². The second-order valence-corrected chi connectivity index (χ2v) is 5.97. The Morgan fingerprint density at radius 3 is 2.35 bits per heavy atom. The first kappa shape index (κ1) is 16.6. The maximum Gasteiger partial charge on any atom is 0.144 e. The zero-order valence-electron chi connectivity index (χ0n) is 13.7. The molecule has 0 spiro atoms. The van der Waals surface area contributed by atoms with E-state index < -0.39 is 11.6 Å². The van der Waals surface area contributed by atoms with Gasteiger partial charge in [0, 0.05) is 5.56 Å². The lowest BCUT2D eigenvalue weighted by atomic mass is 10.0. The number of rotatable bonds is 3. The molecule has 3 aromatic rings. The first-order chi connectivity index (χ1) is 12.6. The number of hydrogen-bond donors (Lipinski definition) is 1. The van der Waals surface area contributed by atoms with Crippen molar-refractivity contribution < 1.29 is 17.9 Å².